The number of imidazole rings is 1. The second-order valence-electron chi connectivity index (χ2n) is 4.07. The lowest BCUT2D eigenvalue weighted by atomic mass is 10.1. The molecule has 2 aromatic heterocycles. The molecule has 5 nitrogen and oxygen atoms in total. The summed E-state index contributed by atoms with van der Waals surface area (Å²) in [5.74, 6) is 0. The van der Waals surface area contributed by atoms with Crippen LogP contribution in [0.3, 0.4) is 0 Å². The number of aromatic amines is 2. The average Bonchev–Trinajstić information content (AvgIpc) is 2.89. The quantitative estimate of drug-likeness (QED) is 0.764. The Morgan fingerprint density at radius 1 is 1.00 bits per heavy atom. The van der Waals surface area contributed by atoms with E-state index in [9.17, 15) is 4.79 Å². The van der Waals surface area contributed by atoms with Crippen molar-refractivity contribution in [3.05, 3.63) is 57.3 Å². The molecule has 7 heteroatoms. The number of hydrogen-bond donors (Lipinski definition) is 2. The van der Waals surface area contributed by atoms with Crippen molar-refractivity contribution < 1.29 is 0 Å². The van der Waals surface area contributed by atoms with Gasteiger partial charge in [-0.05, 0) is 18.2 Å². The van der Waals surface area contributed by atoms with Crippen molar-refractivity contribution >= 4 is 23.2 Å². The van der Waals surface area contributed by atoms with Crippen molar-refractivity contribution in [1.82, 2.24) is 19.9 Å². The standard InChI is InChI=1S/C13H8Cl2N4O/c14-8-2-1-7(3-9(8)15)10-4-11(18-6-17-10)12-5-16-13(20)19-12/h1-6H,(H2,16,19,20). The van der Waals surface area contributed by atoms with Gasteiger partial charge in [0.1, 0.15) is 6.33 Å². The molecule has 0 bridgehead atoms. The number of aromatic nitrogens is 4. The van der Waals surface area contributed by atoms with Crippen LogP contribution in [0, 0.1) is 0 Å². The van der Waals surface area contributed by atoms with E-state index in [2.05, 4.69) is 19.9 Å². The zero-order valence-electron chi connectivity index (χ0n) is 10.0. The molecule has 0 aliphatic carbocycles. The SMILES string of the molecule is O=c1[nH]cc(-c2cc(-c3ccc(Cl)c(Cl)c3)ncn2)[nH]1. The summed E-state index contributed by atoms with van der Waals surface area (Å²) in [4.78, 5) is 24.6. The van der Waals surface area contributed by atoms with Crippen LogP contribution in [-0.4, -0.2) is 19.9 Å². The van der Waals surface area contributed by atoms with Gasteiger partial charge in [0.25, 0.3) is 0 Å². The van der Waals surface area contributed by atoms with Crippen molar-refractivity contribution in [1.29, 1.82) is 0 Å². The Labute approximate surface area is 123 Å². The Morgan fingerprint density at radius 3 is 2.50 bits per heavy atom. The van der Waals surface area contributed by atoms with Crippen LogP contribution < -0.4 is 5.69 Å². The highest BCUT2D eigenvalue weighted by molar-refractivity contribution is 6.42. The molecule has 0 fully saturated rings. The Hall–Kier alpha value is -2.11. The van der Waals surface area contributed by atoms with Crippen molar-refractivity contribution in [3.8, 4) is 22.6 Å². The Kier molecular flexibility index (Phi) is 3.30. The maximum Gasteiger partial charge on any atom is 0.323 e. The van der Waals surface area contributed by atoms with Crippen LogP contribution in [0.25, 0.3) is 22.6 Å². The Bertz CT molecular complexity index is 825. The first-order chi connectivity index (χ1) is 9.63. The molecule has 0 atom stereocenters. The third-order valence-electron chi connectivity index (χ3n) is 2.75. The van der Waals surface area contributed by atoms with E-state index in [1.165, 1.54) is 6.33 Å². The van der Waals surface area contributed by atoms with Crippen LogP contribution in [0.5, 0.6) is 0 Å². The van der Waals surface area contributed by atoms with E-state index in [0.717, 1.165) is 5.56 Å². The molecule has 0 amide bonds. The third-order valence-corrected chi connectivity index (χ3v) is 3.49. The second kappa shape index (κ2) is 5.11. The molecule has 3 rings (SSSR count). The second-order valence-corrected chi connectivity index (χ2v) is 4.89. The molecule has 1 aromatic carbocycles. The number of rotatable bonds is 2. The van der Waals surface area contributed by atoms with Crippen molar-refractivity contribution in [2.24, 2.45) is 0 Å². The van der Waals surface area contributed by atoms with Crippen molar-refractivity contribution in [3.63, 3.8) is 0 Å². The molecule has 0 spiro atoms. The molecule has 0 aliphatic rings. The van der Waals surface area contributed by atoms with Crippen LogP contribution in [0.1, 0.15) is 0 Å². The number of hydrogen-bond acceptors (Lipinski definition) is 3. The molecule has 3 aromatic rings. The first-order valence-corrected chi connectivity index (χ1v) is 6.44. The van der Waals surface area contributed by atoms with E-state index in [1.54, 1.807) is 24.4 Å². The number of nitrogens with zero attached hydrogens (tertiary/aromatic N) is 2. The van der Waals surface area contributed by atoms with Gasteiger partial charge in [-0.15, -0.1) is 0 Å². The van der Waals surface area contributed by atoms with Crippen LogP contribution in [0.4, 0.5) is 0 Å². The van der Waals surface area contributed by atoms with Crippen LogP contribution >= 0.6 is 23.2 Å². The van der Waals surface area contributed by atoms with Gasteiger partial charge in [0, 0.05) is 11.8 Å². The molecule has 0 saturated heterocycles. The molecule has 0 unspecified atom stereocenters. The smallest absolute Gasteiger partial charge is 0.312 e. The van der Waals surface area contributed by atoms with Crippen molar-refractivity contribution in [2.75, 3.05) is 0 Å². The fourth-order valence-electron chi connectivity index (χ4n) is 1.79. The summed E-state index contributed by atoms with van der Waals surface area (Å²) in [7, 11) is 0. The van der Waals surface area contributed by atoms with Crippen LogP contribution in [0.15, 0.2) is 41.6 Å². The molecular weight excluding hydrogens is 299 g/mol. The zero-order valence-corrected chi connectivity index (χ0v) is 11.5. The lowest BCUT2D eigenvalue weighted by Crippen LogP contribution is -2.00. The van der Waals surface area contributed by atoms with E-state index in [4.69, 9.17) is 23.2 Å². The summed E-state index contributed by atoms with van der Waals surface area (Å²) in [6.07, 6.45) is 2.99. The normalized spacial score (nSPS) is 10.7. The molecule has 0 radical (unpaired) electrons. The molecule has 2 N–H and O–H groups in total. The van der Waals surface area contributed by atoms with Gasteiger partial charge in [0.15, 0.2) is 0 Å². The molecule has 100 valence electrons. The summed E-state index contributed by atoms with van der Waals surface area (Å²) in [5.41, 5.74) is 2.43. The average molecular weight is 307 g/mol. The lowest BCUT2D eigenvalue weighted by Gasteiger charge is -2.04. The summed E-state index contributed by atoms with van der Waals surface area (Å²) >= 11 is 11.9. The van der Waals surface area contributed by atoms with Gasteiger partial charge in [0.05, 0.1) is 27.1 Å². The maximum atomic E-state index is 11.1. The van der Waals surface area contributed by atoms with Gasteiger partial charge in [-0.25, -0.2) is 14.8 Å². The maximum absolute atomic E-state index is 11.1. The predicted molar refractivity (Wildman–Crippen MR) is 77.9 cm³/mol. The number of benzene rings is 1. The molecule has 20 heavy (non-hydrogen) atoms. The van der Waals surface area contributed by atoms with E-state index in [0.29, 0.717) is 27.1 Å². The van der Waals surface area contributed by atoms with Gasteiger partial charge in [0.2, 0.25) is 0 Å². The molecule has 0 saturated carbocycles. The highest BCUT2D eigenvalue weighted by atomic mass is 35.5. The monoisotopic (exact) mass is 306 g/mol. The van der Waals surface area contributed by atoms with Gasteiger partial charge in [-0.3, -0.25) is 0 Å². The largest absolute Gasteiger partial charge is 0.323 e. The highest BCUT2D eigenvalue weighted by Gasteiger charge is 2.07. The van der Waals surface area contributed by atoms with Gasteiger partial charge >= 0.3 is 5.69 Å². The van der Waals surface area contributed by atoms with E-state index in [-0.39, 0.29) is 5.69 Å². The van der Waals surface area contributed by atoms with Crippen LogP contribution in [-0.2, 0) is 0 Å². The number of nitrogens with one attached hydrogen (secondary N) is 2. The topological polar surface area (TPSA) is 74.4 Å². The minimum Gasteiger partial charge on any atom is -0.312 e. The van der Waals surface area contributed by atoms with Gasteiger partial charge < -0.3 is 9.97 Å². The fourth-order valence-corrected chi connectivity index (χ4v) is 2.09. The third kappa shape index (κ3) is 2.45. The molecular formula is C13H8Cl2N4O. The molecule has 2 heterocycles. The first kappa shape index (κ1) is 12.9. The lowest BCUT2D eigenvalue weighted by molar-refractivity contribution is 1.15. The minimum absolute atomic E-state index is 0.283. The highest BCUT2D eigenvalue weighted by Crippen LogP contribution is 2.28. The summed E-state index contributed by atoms with van der Waals surface area (Å²) in [6, 6.07) is 7.02. The predicted octanol–water partition coefficient (Wildman–Crippen LogP) is 3.13. The fraction of sp³-hybridized carbons (Fsp3) is 0. The van der Waals surface area contributed by atoms with Crippen LogP contribution in [0.2, 0.25) is 10.0 Å². The zero-order chi connectivity index (χ0) is 14.1. The minimum atomic E-state index is -0.283. The number of H-pyrrole nitrogens is 2. The summed E-state index contributed by atoms with van der Waals surface area (Å²) < 4.78 is 0. The van der Waals surface area contributed by atoms with E-state index >= 15 is 0 Å². The van der Waals surface area contributed by atoms with Gasteiger partial charge in [-0.1, -0.05) is 29.3 Å². The van der Waals surface area contributed by atoms with E-state index < -0.39 is 0 Å². The van der Waals surface area contributed by atoms with E-state index in [1.807, 2.05) is 6.07 Å². The molecule has 0 aliphatic heterocycles. The van der Waals surface area contributed by atoms with Gasteiger partial charge in [-0.2, -0.15) is 0 Å². The summed E-state index contributed by atoms with van der Waals surface area (Å²) in [6.45, 7) is 0. The van der Waals surface area contributed by atoms with Crippen molar-refractivity contribution in [2.45, 2.75) is 0 Å². The Morgan fingerprint density at radius 2 is 1.80 bits per heavy atom. The Balaban J connectivity index is 2.07. The summed E-state index contributed by atoms with van der Waals surface area (Å²) in [5, 5.41) is 0.944. The number of halogens is 2. The first-order valence-electron chi connectivity index (χ1n) is 5.69.